The summed E-state index contributed by atoms with van der Waals surface area (Å²) in [6, 6.07) is 5.94. The molecule has 0 saturated carbocycles. The zero-order valence-corrected chi connectivity index (χ0v) is 12.0. The molecule has 0 spiro atoms. The van der Waals surface area contributed by atoms with E-state index >= 15 is 0 Å². The molecule has 6 heteroatoms. The number of aromatic nitrogens is 1. The topological polar surface area (TPSA) is 66.6 Å². The van der Waals surface area contributed by atoms with Crippen molar-refractivity contribution in [3.05, 3.63) is 29.3 Å². The molecule has 106 valence electrons. The van der Waals surface area contributed by atoms with Gasteiger partial charge in [-0.2, -0.15) is 0 Å². The number of carboxylic acids is 1. The van der Waals surface area contributed by atoms with Crippen LogP contribution in [-0.2, 0) is 11.3 Å². The molecule has 0 aliphatic carbocycles. The van der Waals surface area contributed by atoms with Crippen LogP contribution in [0.2, 0.25) is 0 Å². The van der Waals surface area contributed by atoms with E-state index in [2.05, 4.69) is 10.1 Å². The fraction of sp³-hybridized carbons (Fsp3) is 0.429. The van der Waals surface area contributed by atoms with Crippen molar-refractivity contribution >= 4 is 17.3 Å². The Morgan fingerprint density at radius 1 is 1.65 bits per heavy atom. The molecule has 0 radical (unpaired) electrons. The Kier molecular flexibility index (Phi) is 3.58. The third kappa shape index (κ3) is 2.62. The summed E-state index contributed by atoms with van der Waals surface area (Å²) in [5.41, 5.74) is 0.898. The summed E-state index contributed by atoms with van der Waals surface area (Å²) >= 11 is 1.62. The minimum atomic E-state index is -0.712. The van der Waals surface area contributed by atoms with Crippen molar-refractivity contribution in [2.45, 2.75) is 13.5 Å². The van der Waals surface area contributed by atoms with E-state index in [1.807, 2.05) is 23.6 Å². The summed E-state index contributed by atoms with van der Waals surface area (Å²) < 4.78 is 5.33. The Bertz CT molecular complexity index is 587. The number of carbonyl (C=O) groups is 1. The van der Waals surface area contributed by atoms with Gasteiger partial charge >= 0.3 is 5.97 Å². The number of hydrogen-bond donors (Lipinski definition) is 1. The lowest BCUT2D eigenvalue weighted by atomic mass is 9.87. The molecule has 1 saturated heterocycles. The molecule has 1 unspecified atom stereocenters. The van der Waals surface area contributed by atoms with Gasteiger partial charge in [0.05, 0.1) is 16.5 Å². The van der Waals surface area contributed by atoms with Crippen LogP contribution >= 0.6 is 11.3 Å². The average Bonchev–Trinajstić information content (AvgIpc) is 3.02. The summed E-state index contributed by atoms with van der Waals surface area (Å²) in [4.78, 5) is 14.2. The number of hydrogen-bond acceptors (Lipinski definition) is 5. The predicted octanol–water partition coefficient (Wildman–Crippen LogP) is 2.56. The van der Waals surface area contributed by atoms with Crippen LogP contribution in [0.1, 0.15) is 12.6 Å². The molecular weight excluding hydrogens is 276 g/mol. The Morgan fingerprint density at radius 2 is 2.45 bits per heavy atom. The van der Waals surface area contributed by atoms with Crippen LogP contribution in [0.5, 0.6) is 0 Å². The Morgan fingerprint density at radius 3 is 3.10 bits per heavy atom. The Hall–Kier alpha value is -1.66. The fourth-order valence-corrected chi connectivity index (χ4v) is 3.08. The SMILES string of the molecule is CC(C(=O)O)C1CN(Cc2cc(-c3cccs3)on2)C1. The van der Waals surface area contributed by atoms with Gasteiger partial charge in [0.25, 0.3) is 0 Å². The molecule has 0 aromatic carbocycles. The lowest BCUT2D eigenvalue weighted by Crippen LogP contribution is -2.50. The standard InChI is InChI=1S/C14H16N2O3S/c1-9(14(17)18)10-6-16(7-10)8-11-5-12(19-15-11)13-3-2-4-20-13/h2-5,9-10H,6-8H2,1H3,(H,17,18). The van der Waals surface area contributed by atoms with Gasteiger partial charge in [-0.25, -0.2) is 0 Å². The molecule has 2 aromatic heterocycles. The highest BCUT2D eigenvalue weighted by Crippen LogP contribution is 2.28. The Labute approximate surface area is 120 Å². The maximum atomic E-state index is 10.9. The van der Waals surface area contributed by atoms with E-state index in [0.717, 1.165) is 36.0 Å². The van der Waals surface area contributed by atoms with Gasteiger partial charge in [-0.1, -0.05) is 18.1 Å². The molecule has 1 atom stereocenters. The molecule has 5 nitrogen and oxygen atoms in total. The number of likely N-dealkylation sites (tertiary alicyclic amines) is 1. The monoisotopic (exact) mass is 292 g/mol. The van der Waals surface area contributed by atoms with Crippen molar-refractivity contribution in [2.75, 3.05) is 13.1 Å². The van der Waals surface area contributed by atoms with E-state index < -0.39 is 5.97 Å². The summed E-state index contributed by atoms with van der Waals surface area (Å²) in [7, 11) is 0. The third-order valence-corrected chi connectivity index (χ3v) is 4.68. The smallest absolute Gasteiger partial charge is 0.306 e. The number of nitrogens with zero attached hydrogens (tertiary/aromatic N) is 2. The number of rotatable bonds is 5. The van der Waals surface area contributed by atoms with Crippen molar-refractivity contribution < 1.29 is 14.4 Å². The summed E-state index contributed by atoms with van der Waals surface area (Å²) in [5.74, 6) is 0.0588. The second kappa shape index (κ2) is 5.38. The highest BCUT2D eigenvalue weighted by Gasteiger charge is 2.34. The first-order chi connectivity index (χ1) is 9.63. The van der Waals surface area contributed by atoms with Crippen LogP contribution in [0, 0.1) is 11.8 Å². The molecule has 1 N–H and O–H groups in total. The van der Waals surface area contributed by atoms with Crippen molar-refractivity contribution in [3.63, 3.8) is 0 Å². The number of thiophene rings is 1. The normalized spacial score (nSPS) is 17.9. The van der Waals surface area contributed by atoms with Crippen molar-refractivity contribution in [1.82, 2.24) is 10.1 Å². The minimum Gasteiger partial charge on any atom is -0.481 e. The summed E-state index contributed by atoms with van der Waals surface area (Å²) in [6.45, 7) is 4.12. The van der Waals surface area contributed by atoms with Gasteiger partial charge in [-0.3, -0.25) is 9.69 Å². The van der Waals surface area contributed by atoms with Crippen LogP contribution in [0.4, 0.5) is 0 Å². The largest absolute Gasteiger partial charge is 0.481 e. The van der Waals surface area contributed by atoms with Gasteiger partial charge in [-0.15, -0.1) is 11.3 Å². The van der Waals surface area contributed by atoms with Gasteiger partial charge in [0.15, 0.2) is 5.76 Å². The highest BCUT2D eigenvalue weighted by molar-refractivity contribution is 7.13. The lowest BCUT2D eigenvalue weighted by molar-refractivity contribution is -0.145. The Balaban J connectivity index is 1.55. The van der Waals surface area contributed by atoms with Crippen LogP contribution in [0.3, 0.4) is 0 Å². The second-order valence-corrected chi connectivity index (χ2v) is 6.19. The molecular formula is C14H16N2O3S. The average molecular weight is 292 g/mol. The van der Waals surface area contributed by atoms with E-state index in [1.54, 1.807) is 18.3 Å². The summed E-state index contributed by atoms with van der Waals surface area (Å²) in [5, 5.41) is 15.0. The van der Waals surface area contributed by atoms with Gasteiger partial charge in [0.2, 0.25) is 0 Å². The van der Waals surface area contributed by atoms with Crippen LogP contribution in [0.15, 0.2) is 28.1 Å². The van der Waals surface area contributed by atoms with E-state index in [-0.39, 0.29) is 11.8 Å². The third-order valence-electron chi connectivity index (χ3n) is 3.79. The fourth-order valence-electron chi connectivity index (χ4n) is 2.41. The highest BCUT2D eigenvalue weighted by atomic mass is 32.1. The molecule has 0 bridgehead atoms. The zero-order chi connectivity index (χ0) is 14.1. The lowest BCUT2D eigenvalue weighted by Gasteiger charge is -2.40. The predicted molar refractivity (Wildman–Crippen MR) is 75.4 cm³/mol. The molecule has 1 aliphatic rings. The van der Waals surface area contributed by atoms with E-state index in [9.17, 15) is 4.79 Å². The van der Waals surface area contributed by atoms with Crippen LogP contribution < -0.4 is 0 Å². The molecule has 1 fully saturated rings. The van der Waals surface area contributed by atoms with Crippen LogP contribution in [0.25, 0.3) is 10.6 Å². The first-order valence-electron chi connectivity index (χ1n) is 6.58. The van der Waals surface area contributed by atoms with E-state index in [0.29, 0.717) is 0 Å². The second-order valence-electron chi connectivity index (χ2n) is 5.24. The van der Waals surface area contributed by atoms with E-state index in [1.165, 1.54) is 0 Å². The van der Waals surface area contributed by atoms with Gasteiger partial charge in [0, 0.05) is 25.7 Å². The van der Waals surface area contributed by atoms with Crippen molar-refractivity contribution in [2.24, 2.45) is 11.8 Å². The maximum absolute atomic E-state index is 10.9. The van der Waals surface area contributed by atoms with Gasteiger partial charge in [0.1, 0.15) is 0 Å². The minimum absolute atomic E-state index is 0.246. The molecule has 1 aliphatic heterocycles. The number of carboxylic acid groups (broad SMARTS) is 1. The first-order valence-corrected chi connectivity index (χ1v) is 7.46. The zero-order valence-electron chi connectivity index (χ0n) is 11.2. The van der Waals surface area contributed by atoms with Gasteiger partial charge < -0.3 is 9.63 Å². The molecule has 3 rings (SSSR count). The molecule has 0 amide bonds. The number of aliphatic carboxylic acids is 1. The van der Waals surface area contributed by atoms with Crippen LogP contribution in [-0.4, -0.2) is 34.2 Å². The van der Waals surface area contributed by atoms with E-state index in [4.69, 9.17) is 9.63 Å². The molecule has 3 heterocycles. The van der Waals surface area contributed by atoms with Crippen molar-refractivity contribution in [3.8, 4) is 10.6 Å². The molecule has 20 heavy (non-hydrogen) atoms. The first kappa shape index (κ1) is 13.3. The maximum Gasteiger partial charge on any atom is 0.306 e. The molecule has 2 aromatic rings. The quantitative estimate of drug-likeness (QED) is 0.917. The van der Waals surface area contributed by atoms with Crippen molar-refractivity contribution in [1.29, 1.82) is 0 Å². The van der Waals surface area contributed by atoms with Gasteiger partial charge in [-0.05, 0) is 17.4 Å². The summed E-state index contributed by atoms with van der Waals surface area (Å²) in [6.07, 6.45) is 0.